The Morgan fingerprint density at radius 1 is 1.12 bits per heavy atom. The number of nitriles is 1. The lowest BCUT2D eigenvalue weighted by atomic mass is 10.1. The first kappa shape index (κ1) is 20.9. The van der Waals surface area contributed by atoms with Crippen LogP contribution in [0.4, 0.5) is 10.1 Å². The summed E-state index contributed by atoms with van der Waals surface area (Å²) in [5.41, 5.74) is 1.61. The molecular weight excluding hydrogens is 411 g/mol. The van der Waals surface area contributed by atoms with E-state index < -0.39 is 29.6 Å². The average molecular weight is 428 g/mol. The van der Waals surface area contributed by atoms with Crippen LogP contribution in [-0.2, 0) is 16.1 Å². The van der Waals surface area contributed by atoms with E-state index >= 15 is 0 Å². The van der Waals surface area contributed by atoms with Crippen molar-refractivity contribution in [3.8, 4) is 6.07 Å². The van der Waals surface area contributed by atoms with Crippen molar-refractivity contribution in [1.29, 1.82) is 5.26 Å². The van der Waals surface area contributed by atoms with Gasteiger partial charge in [0.2, 0.25) is 5.91 Å². The van der Waals surface area contributed by atoms with Crippen LogP contribution in [0.1, 0.15) is 27.9 Å². The molecule has 7 nitrogen and oxygen atoms in total. The number of carbonyl (C=O) groups is 3. The van der Waals surface area contributed by atoms with E-state index in [4.69, 9.17) is 5.26 Å². The summed E-state index contributed by atoms with van der Waals surface area (Å²) in [6.07, 6.45) is 2.98. The zero-order valence-corrected chi connectivity index (χ0v) is 16.8. The molecule has 0 saturated carbocycles. The molecule has 1 aliphatic heterocycles. The second-order valence-corrected chi connectivity index (χ2v) is 7.25. The van der Waals surface area contributed by atoms with Gasteiger partial charge >= 0.3 is 0 Å². The number of imide groups is 1. The molecule has 1 fully saturated rings. The summed E-state index contributed by atoms with van der Waals surface area (Å²) < 4.78 is 13.3. The molecule has 0 spiro atoms. The maximum atomic E-state index is 13.3. The molecule has 4 rings (SSSR count). The van der Waals surface area contributed by atoms with Gasteiger partial charge in [0, 0.05) is 24.5 Å². The summed E-state index contributed by atoms with van der Waals surface area (Å²) in [5.74, 6) is -1.98. The zero-order valence-electron chi connectivity index (χ0n) is 16.8. The van der Waals surface area contributed by atoms with Crippen LogP contribution in [-0.4, -0.2) is 33.6 Å². The highest BCUT2D eigenvalue weighted by Gasteiger charge is 2.44. The molecule has 158 valence electrons. The van der Waals surface area contributed by atoms with Crippen molar-refractivity contribution >= 4 is 23.4 Å². The van der Waals surface area contributed by atoms with E-state index in [-0.39, 0.29) is 18.5 Å². The minimum absolute atomic E-state index is 0.0505. The van der Waals surface area contributed by atoms with Crippen molar-refractivity contribution in [3.05, 3.63) is 95.6 Å². The standard InChI is InChI=1S/C24H17FN4O3/c25-19-7-5-18(6-8-19)23(31)28(15-17-2-1-11-27-14-17)21-12-22(30)29(24(21)32)20-9-3-16(13-26)4-10-20/h1-11,14,21H,12,15H2. The fourth-order valence-electron chi connectivity index (χ4n) is 3.59. The fourth-order valence-corrected chi connectivity index (χ4v) is 3.59. The van der Waals surface area contributed by atoms with Gasteiger partial charge in [0.05, 0.1) is 23.7 Å². The lowest BCUT2D eigenvalue weighted by molar-refractivity contribution is -0.122. The van der Waals surface area contributed by atoms with Crippen LogP contribution in [0.2, 0.25) is 0 Å². The molecule has 2 aromatic carbocycles. The van der Waals surface area contributed by atoms with E-state index in [1.165, 1.54) is 53.4 Å². The molecule has 2 heterocycles. The molecule has 1 aliphatic rings. The first-order valence-electron chi connectivity index (χ1n) is 9.80. The largest absolute Gasteiger partial charge is 0.322 e. The van der Waals surface area contributed by atoms with E-state index in [0.29, 0.717) is 16.8 Å². The number of rotatable bonds is 5. The summed E-state index contributed by atoms with van der Waals surface area (Å²) in [5, 5.41) is 8.97. The van der Waals surface area contributed by atoms with Crippen molar-refractivity contribution in [2.75, 3.05) is 4.90 Å². The van der Waals surface area contributed by atoms with Gasteiger partial charge in [-0.2, -0.15) is 5.26 Å². The second kappa shape index (κ2) is 8.78. The molecule has 1 unspecified atom stereocenters. The van der Waals surface area contributed by atoms with Crippen LogP contribution < -0.4 is 4.90 Å². The topological polar surface area (TPSA) is 94.4 Å². The van der Waals surface area contributed by atoms with Crippen molar-refractivity contribution in [2.45, 2.75) is 19.0 Å². The molecule has 3 aromatic rings. The van der Waals surface area contributed by atoms with Crippen LogP contribution in [0.5, 0.6) is 0 Å². The summed E-state index contributed by atoms with van der Waals surface area (Å²) in [4.78, 5) is 45.7. The van der Waals surface area contributed by atoms with Crippen LogP contribution in [0.25, 0.3) is 0 Å². The zero-order chi connectivity index (χ0) is 22.7. The molecule has 1 atom stereocenters. The summed E-state index contributed by atoms with van der Waals surface area (Å²) in [6.45, 7) is 0.0505. The average Bonchev–Trinajstić information content (AvgIpc) is 3.11. The van der Waals surface area contributed by atoms with Gasteiger partial charge in [-0.3, -0.25) is 19.4 Å². The Hall–Kier alpha value is -4.38. The number of benzene rings is 2. The van der Waals surface area contributed by atoms with Gasteiger partial charge in [0.15, 0.2) is 0 Å². The Balaban J connectivity index is 1.67. The van der Waals surface area contributed by atoms with Crippen LogP contribution >= 0.6 is 0 Å². The number of hydrogen-bond acceptors (Lipinski definition) is 5. The Morgan fingerprint density at radius 3 is 2.47 bits per heavy atom. The molecule has 0 aliphatic carbocycles. The molecule has 1 saturated heterocycles. The number of amides is 3. The number of aromatic nitrogens is 1. The third-order valence-corrected chi connectivity index (χ3v) is 5.18. The highest BCUT2D eigenvalue weighted by molar-refractivity contribution is 6.23. The predicted octanol–water partition coefficient (Wildman–Crippen LogP) is 3.07. The summed E-state index contributed by atoms with van der Waals surface area (Å²) in [6, 6.07) is 15.5. The fraction of sp³-hybridized carbons (Fsp3) is 0.125. The molecule has 8 heteroatoms. The van der Waals surface area contributed by atoms with Gasteiger partial charge in [-0.1, -0.05) is 6.07 Å². The molecule has 3 amide bonds. The van der Waals surface area contributed by atoms with E-state index in [2.05, 4.69) is 4.98 Å². The lowest BCUT2D eigenvalue weighted by Gasteiger charge is -2.28. The SMILES string of the molecule is N#Cc1ccc(N2C(=O)CC(N(Cc3cccnc3)C(=O)c3ccc(F)cc3)C2=O)cc1. The van der Waals surface area contributed by atoms with Gasteiger partial charge in [0.25, 0.3) is 11.8 Å². The summed E-state index contributed by atoms with van der Waals surface area (Å²) >= 11 is 0. The van der Waals surface area contributed by atoms with Crippen LogP contribution in [0.15, 0.2) is 73.1 Å². The van der Waals surface area contributed by atoms with Gasteiger partial charge in [-0.15, -0.1) is 0 Å². The van der Waals surface area contributed by atoms with E-state index in [1.54, 1.807) is 24.5 Å². The van der Waals surface area contributed by atoms with Crippen molar-refractivity contribution in [1.82, 2.24) is 9.88 Å². The van der Waals surface area contributed by atoms with Gasteiger partial charge in [-0.25, -0.2) is 9.29 Å². The lowest BCUT2D eigenvalue weighted by Crippen LogP contribution is -2.45. The molecule has 0 radical (unpaired) electrons. The molecule has 0 bridgehead atoms. The second-order valence-electron chi connectivity index (χ2n) is 7.25. The molecule has 1 aromatic heterocycles. The van der Waals surface area contributed by atoms with Crippen molar-refractivity contribution < 1.29 is 18.8 Å². The third-order valence-electron chi connectivity index (χ3n) is 5.18. The minimum atomic E-state index is -1.03. The highest BCUT2D eigenvalue weighted by Crippen LogP contribution is 2.28. The molecule has 32 heavy (non-hydrogen) atoms. The number of halogens is 1. The number of hydrogen-bond donors (Lipinski definition) is 0. The summed E-state index contributed by atoms with van der Waals surface area (Å²) in [7, 11) is 0. The van der Waals surface area contributed by atoms with E-state index in [1.807, 2.05) is 6.07 Å². The minimum Gasteiger partial charge on any atom is -0.322 e. The first-order chi connectivity index (χ1) is 15.5. The van der Waals surface area contributed by atoms with Gasteiger partial charge in [0.1, 0.15) is 11.9 Å². The number of pyridine rings is 1. The number of anilines is 1. The van der Waals surface area contributed by atoms with Gasteiger partial charge in [-0.05, 0) is 60.2 Å². The van der Waals surface area contributed by atoms with E-state index in [9.17, 15) is 18.8 Å². The first-order valence-corrected chi connectivity index (χ1v) is 9.80. The highest BCUT2D eigenvalue weighted by atomic mass is 19.1. The Morgan fingerprint density at radius 2 is 1.84 bits per heavy atom. The maximum Gasteiger partial charge on any atom is 0.257 e. The van der Waals surface area contributed by atoms with E-state index in [0.717, 1.165) is 4.90 Å². The predicted molar refractivity (Wildman–Crippen MR) is 113 cm³/mol. The Bertz CT molecular complexity index is 1200. The third kappa shape index (κ3) is 4.09. The number of carbonyl (C=O) groups excluding carboxylic acids is 3. The normalized spacial score (nSPS) is 15.5. The van der Waals surface area contributed by atoms with Crippen molar-refractivity contribution in [3.63, 3.8) is 0 Å². The molecule has 0 N–H and O–H groups in total. The molecular formula is C24H17FN4O3. The van der Waals surface area contributed by atoms with Crippen LogP contribution in [0.3, 0.4) is 0 Å². The number of nitrogens with zero attached hydrogens (tertiary/aromatic N) is 4. The van der Waals surface area contributed by atoms with Crippen molar-refractivity contribution in [2.24, 2.45) is 0 Å². The smallest absolute Gasteiger partial charge is 0.257 e. The Kier molecular flexibility index (Phi) is 5.73. The van der Waals surface area contributed by atoms with Crippen LogP contribution in [0, 0.1) is 17.1 Å². The van der Waals surface area contributed by atoms with Gasteiger partial charge < -0.3 is 4.90 Å². The monoisotopic (exact) mass is 428 g/mol. The maximum absolute atomic E-state index is 13.3. The quantitative estimate of drug-likeness (QED) is 0.582. The Labute approximate surface area is 183 Å².